The third kappa shape index (κ3) is 3.52. The van der Waals surface area contributed by atoms with E-state index in [9.17, 15) is 15.3 Å². The van der Waals surface area contributed by atoms with Crippen LogP contribution in [0.5, 0.6) is 0 Å². The van der Waals surface area contributed by atoms with Crippen LogP contribution in [-0.4, -0.2) is 33.1 Å². The average molecular weight is 477 g/mol. The molecule has 0 aromatic heterocycles. The number of fused-ring (bicyclic) bond motifs is 5. The summed E-state index contributed by atoms with van der Waals surface area (Å²) in [6.45, 7) is 21.1. The van der Waals surface area contributed by atoms with Crippen molar-refractivity contribution in [3.05, 3.63) is 0 Å². The van der Waals surface area contributed by atoms with Gasteiger partial charge in [0.05, 0.1) is 17.8 Å². The zero-order valence-corrected chi connectivity index (χ0v) is 23.9. The Morgan fingerprint density at radius 1 is 0.735 bits per heavy atom. The van der Waals surface area contributed by atoms with E-state index in [2.05, 4.69) is 48.5 Å². The molecule has 4 rings (SSSR count). The van der Waals surface area contributed by atoms with Gasteiger partial charge in [0.25, 0.3) is 0 Å². The molecule has 0 amide bonds. The van der Waals surface area contributed by atoms with Crippen molar-refractivity contribution in [2.24, 2.45) is 50.7 Å². The van der Waals surface area contributed by atoms with Gasteiger partial charge in [-0.2, -0.15) is 0 Å². The summed E-state index contributed by atoms with van der Waals surface area (Å²) < 4.78 is 0. The first-order valence-corrected chi connectivity index (χ1v) is 14.5. The molecule has 4 fully saturated rings. The summed E-state index contributed by atoms with van der Waals surface area (Å²) in [4.78, 5) is 0. The number of aliphatic hydroxyl groups excluding tert-OH is 2. The summed E-state index contributed by atoms with van der Waals surface area (Å²) in [6, 6.07) is 0. The zero-order valence-electron chi connectivity index (χ0n) is 23.9. The molecule has 0 saturated heterocycles. The van der Waals surface area contributed by atoms with E-state index >= 15 is 0 Å². The van der Waals surface area contributed by atoms with E-state index in [-0.39, 0.29) is 11.5 Å². The van der Waals surface area contributed by atoms with Crippen LogP contribution in [0.4, 0.5) is 0 Å². The molecule has 0 radical (unpaired) electrons. The minimum Gasteiger partial charge on any atom is -0.393 e. The molecule has 4 saturated carbocycles. The Morgan fingerprint density at radius 2 is 1.24 bits per heavy atom. The first kappa shape index (κ1) is 26.9. The molecule has 0 aromatic rings. The van der Waals surface area contributed by atoms with Crippen molar-refractivity contribution in [2.75, 3.05) is 0 Å². The highest BCUT2D eigenvalue weighted by Gasteiger charge is 2.71. The van der Waals surface area contributed by atoms with Crippen molar-refractivity contribution in [3.63, 3.8) is 0 Å². The van der Waals surface area contributed by atoms with Crippen LogP contribution in [0.15, 0.2) is 0 Å². The van der Waals surface area contributed by atoms with Gasteiger partial charge in [0.1, 0.15) is 0 Å². The standard InChI is InChI=1S/C31H56O3/c1-20(10-13-25(33)27(4,5)34)21-14-16-30(8)23-12-11-22-26(2,3)24(32)15-17-29(22,7)31(23,9)19-18-28(21,30)6/h20-25,32-34H,10-19H2,1-9H3. The maximum absolute atomic E-state index is 10.9. The van der Waals surface area contributed by atoms with Gasteiger partial charge in [-0.1, -0.05) is 48.5 Å². The van der Waals surface area contributed by atoms with Gasteiger partial charge in [-0.3, -0.25) is 0 Å². The van der Waals surface area contributed by atoms with Crippen LogP contribution in [0, 0.1) is 50.7 Å². The molecule has 3 N–H and O–H groups in total. The number of rotatable bonds is 5. The van der Waals surface area contributed by atoms with Gasteiger partial charge in [-0.25, -0.2) is 0 Å². The number of aliphatic hydroxyl groups is 3. The maximum Gasteiger partial charge on any atom is 0.0849 e. The minimum absolute atomic E-state index is 0.0106. The summed E-state index contributed by atoms with van der Waals surface area (Å²) in [6.07, 6.45) is 10.9. The monoisotopic (exact) mass is 476 g/mol. The maximum atomic E-state index is 10.9. The van der Waals surface area contributed by atoms with E-state index in [1.54, 1.807) is 13.8 Å². The fraction of sp³-hybridized carbons (Fsp3) is 1.00. The third-order valence-electron chi connectivity index (χ3n) is 13.7. The van der Waals surface area contributed by atoms with Crippen molar-refractivity contribution in [3.8, 4) is 0 Å². The molecule has 10 unspecified atom stereocenters. The fourth-order valence-electron chi connectivity index (χ4n) is 10.9. The van der Waals surface area contributed by atoms with Gasteiger partial charge in [0, 0.05) is 0 Å². The fourth-order valence-corrected chi connectivity index (χ4v) is 10.9. The lowest BCUT2D eigenvalue weighted by molar-refractivity contribution is -0.244. The molecule has 0 spiro atoms. The third-order valence-corrected chi connectivity index (χ3v) is 13.7. The Balaban J connectivity index is 1.59. The van der Waals surface area contributed by atoms with Crippen molar-refractivity contribution < 1.29 is 15.3 Å². The van der Waals surface area contributed by atoms with Gasteiger partial charge in [-0.05, 0) is 129 Å². The number of hydrogen-bond donors (Lipinski definition) is 3. The van der Waals surface area contributed by atoms with E-state index in [0.29, 0.717) is 45.8 Å². The van der Waals surface area contributed by atoms with Crippen LogP contribution < -0.4 is 0 Å². The Bertz CT molecular complexity index is 769. The lowest BCUT2D eigenvalue weighted by Crippen LogP contribution is -2.66. The lowest BCUT2D eigenvalue weighted by Gasteiger charge is -2.72. The van der Waals surface area contributed by atoms with E-state index in [1.165, 1.54) is 44.9 Å². The smallest absolute Gasteiger partial charge is 0.0849 e. The molecule has 34 heavy (non-hydrogen) atoms. The van der Waals surface area contributed by atoms with Gasteiger partial charge >= 0.3 is 0 Å². The molecule has 0 aliphatic heterocycles. The minimum atomic E-state index is -1.02. The van der Waals surface area contributed by atoms with E-state index in [0.717, 1.165) is 18.8 Å². The average Bonchev–Trinajstić information content (AvgIpc) is 3.01. The van der Waals surface area contributed by atoms with Gasteiger partial charge in [-0.15, -0.1) is 0 Å². The van der Waals surface area contributed by atoms with Crippen molar-refractivity contribution in [1.82, 2.24) is 0 Å². The van der Waals surface area contributed by atoms with Gasteiger partial charge in [0.15, 0.2) is 0 Å². The first-order chi connectivity index (χ1) is 15.4. The predicted molar refractivity (Wildman–Crippen MR) is 140 cm³/mol. The van der Waals surface area contributed by atoms with Crippen LogP contribution in [0.25, 0.3) is 0 Å². The molecule has 198 valence electrons. The summed E-state index contributed by atoms with van der Waals surface area (Å²) in [5.74, 6) is 2.64. The Morgan fingerprint density at radius 3 is 1.85 bits per heavy atom. The summed E-state index contributed by atoms with van der Waals surface area (Å²) in [7, 11) is 0. The SMILES string of the molecule is CC(CCC(O)C(C)(C)O)C1CCC2(C)C3CCC4C(C)(C)C(O)CCC4(C)C3(C)CCC12C. The van der Waals surface area contributed by atoms with E-state index in [1.807, 2.05) is 0 Å². The highest BCUT2D eigenvalue weighted by molar-refractivity contribution is 5.20. The van der Waals surface area contributed by atoms with Crippen molar-refractivity contribution in [2.45, 2.75) is 144 Å². The van der Waals surface area contributed by atoms with E-state index < -0.39 is 11.7 Å². The molecule has 0 heterocycles. The zero-order chi connectivity index (χ0) is 25.5. The quantitative estimate of drug-likeness (QED) is 0.401. The van der Waals surface area contributed by atoms with Crippen molar-refractivity contribution >= 4 is 0 Å². The van der Waals surface area contributed by atoms with Crippen LogP contribution in [0.3, 0.4) is 0 Å². The largest absolute Gasteiger partial charge is 0.393 e. The highest BCUT2D eigenvalue weighted by atomic mass is 16.3. The summed E-state index contributed by atoms with van der Waals surface area (Å²) >= 11 is 0. The van der Waals surface area contributed by atoms with Crippen LogP contribution >= 0.6 is 0 Å². The Labute approximate surface area is 210 Å². The lowest BCUT2D eigenvalue weighted by atomic mass is 9.33. The second kappa shape index (κ2) is 8.19. The molecule has 3 nitrogen and oxygen atoms in total. The molecule has 10 atom stereocenters. The molecular formula is C31H56O3. The molecule has 4 aliphatic carbocycles. The Kier molecular flexibility index (Phi) is 6.49. The number of hydrogen-bond acceptors (Lipinski definition) is 3. The Hall–Kier alpha value is -0.120. The second-order valence-corrected chi connectivity index (χ2v) is 15.6. The summed E-state index contributed by atoms with van der Waals surface area (Å²) in [5, 5.41) is 31.6. The topological polar surface area (TPSA) is 60.7 Å². The molecule has 0 bridgehead atoms. The first-order valence-electron chi connectivity index (χ1n) is 14.5. The van der Waals surface area contributed by atoms with Gasteiger partial charge < -0.3 is 15.3 Å². The van der Waals surface area contributed by atoms with Crippen molar-refractivity contribution in [1.29, 1.82) is 0 Å². The van der Waals surface area contributed by atoms with Gasteiger partial charge in [0.2, 0.25) is 0 Å². The molecule has 3 heteroatoms. The normalized spacial score (nSPS) is 50.1. The molecule has 0 aromatic carbocycles. The van der Waals surface area contributed by atoms with Crippen LogP contribution in [-0.2, 0) is 0 Å². The van der Waals surface area contributed by atoms with E-state index in [4.69, 9.17) is 0 Å². The summed E-state index contributed by atoms with van der Waals surface area (Å²) in [5.41, 5.74) is 0.359. The van der Waals surface area contributed by atoms with Crippen LogP contribution in [0.1, 0.15) is 127 Å². The van der Waals surface area contributed by atoms with Crippen LogP contribution in [0.2, 0.25) is 0 Å². The predicted octanol–water partition coefficient (Wildman–Crippen LogP) is 6.97. The molecular weight excluding hydrogens is 420 g/mol. The highest BCUT2D eigenvalue weighted by Crippen LogP contribution is 2.78. The second-order valence-electron chi connectivity index (χ2n) is 15.6. The molecule has 4 aliphatic rings.